The number of piperazine rings is 1. The lowest BCUT2D eigenvalue weighted by molar-refractivity contribution is -0.135. The van der Waals surface area contributed by atoms with Crippen molar-refractivity contribution >= 4 is 11.7 Å². The fourth-order valence-electron chi connectivity index (χ4n) is 2.18. The van der Waals surface area contributed by atoms with Gasteiger partial charge in [-0.05, 0) is 5.41 Å². The molecule has 1 amide bonds. The normalized spacial score (nSPS) is 18.0. The molecule has 0 bridgehead atoms. The number of hydrogen-bond donors (Lipinski definition) is 1. The van der Waals surface area contributed by atoms with Gasteiger partial charge in [0.25, 0.3) is 0 Å². The molecule has 1 aromatic rings. The van der Waals surface area contributed by atoms with Crippen LogP contribution in [0.15, 0.2) is 18.6 Å². The zero-order valence-electron chi connectivity index (χ0n) is 12.4. The fraction of sp³-hybridized carbons (Fsp3) is 0.643. The van der Waals surface area contributed by atoms with Crippen LogP contribution in [0.25, 0.3) is 0 Å². The molecule has 0 radical (unpaired) electrons. The standard InChI is InChI=1S/C14H23N5O/c1-14(2,3)12(15)13(20)19-8-6-18(7-9-19)11-10-16-4-5-17-11/h4-5,10,12H,6-9,15H2,1-3H3/t12-/m0/s1. The molecule has 0 aliphatic carbocycles. The number of hydrogen-bond acceptors (Lipinski definition) is 5. The molecule has 0 saturated carbocycles. The molecule has 0 spiro atoms. The Morgan fingerprint density at radius 3 is 2.40 bits per heavy atom. The predicted molar refractivity (Wildman–Crippen MR) is 78.3 cm³/mol. The van der Waals surface area contributed by atoms with Crippen LogP contribution in [0.5, 0.6) is 0 Å². The molecule has 20 heavy (non-hydrogen) atoms. The van der Waals surface area contributed by atoms with Crippen molar-refractivity contribution in [1.29, 1.82) is 0 Å². The average molecular weight is 277 g/mol. The highest BCUT2D eigenvalue weighted by molar-refractivity contribution is 5.82. The zero-order chi connectivity index (χ0) is 14.8. The maximum Gasteiger partial charge on any atom is 0.240 e. The second-order valence-electron chi connectivity index (χ2n) is 6.22. The first kappa shape index (κ1) is 14.7. The quantitative estimate of drug-likeness (QED) is 0.852. The van der Waals surface area contributed by atoms with E-state index in [2.05, 4.69) is 14.9 Å². The summed E-state index contributed by atoms with van der Waals surface area (Å²) in [6.07, 6.45) is 5.09. The van der Waals surface area contributed by atoms with E-state index in [9.17, 15) is 4.79 Å². The molecule has 2 heterocycles. The van der Waals surface area contributed by atoms with Crippen LogP contribution >= 0.6 is 0 Å². The van der Waals surface area contributed by atoms with Gasteiger partial charge >= 0.3 is 0 Å². The molecule has 0 unspecified atom stereocenters. The van der Waals surface area contributed by atoms with Gasteiger partial charge in [0, 0.05) is 38.6 Å². The molecule has 1 aromatic heterocycles. The van der Waals surface area contributed by atoms with Crippen LogP contribution in [-0.4, -0.2) is 53.0 Å². The first-order valence-electron chi connectivity index (χ1n) is 6.95. The topological polar surface area (TPSA) is 75.4 Å². The lowest BCUT2D eigenvalue weighted by atomic mass is 9.86. The van der Waals surface area contributed by atoms with E-state index in [4.69, 9.17) is 5.73 Å². The Bertz CT molecular complexity index is 448. The van der Waals surface area contributed by atoms with E-state index in [1.165, 1.54) is 0 Å². The molecule has 6 heteroatoms. The molecule has 110 valence electrons. The summed E-state index contributed by atoms with van der Waals surface area (Å²) in [5.41, 5.74) is 5.83. The third-order valence-electron chi connectivity index (χ3n) is 3.66. The van der Waals surface area contributed by atoms with Gasteiger partial charge in [-0.2, -0.15) is 0 Å². The Balaban J connectivity index is 1.93. The van der Waals surface area contributed by atoms with E-state index >= 15 is 0 Å². The highest BCUT2D eigenvalue weighted by atomic mass is 16.2. The summed E-state index contributed by atoms with van der Waals surface area (Å²) >= 11 is 0. The third-order valence-corrected chi connectivity index (χ3v) is 3.66. The first-order valence-corrected chi connectivity index (χ1v) is 6.95. The second-order valence-corrected chi connectivity index (χ2v) is 6.22. The first-order chi connectivity index (χ1) is 9.39. The Hall–Kier alpha value is -1.69. The van der Waals surface area contributed by atoms with Gasteiger partial charge in [-0.15, -0.1) is 0 Å². The van der Waals surface area contributed by atoms with E-state index in [1.54, 1.807) is 18.6 Å². The summed E-state index contributed by atoms with van der Waals surface area (Å²) in [4.78, 5) is 24.7. The number of nitrogens with two attached hydrogens (primary N) is 1. The minimum Gasteiger partial charge on any atom is -0.352 e. The Labute approximate surface area is 120 Å². The second kappa shape index (κ2) is 5.75. The van der Waals surface area contributed by atoms with Gasteiger partial charge in [-0.3, -0.25) is 9.78 Å². The molecule has 1 saturated heterocycles. The van der Waals surface area contributed by atoms with Crippen LogP contribution in [-0.2, 0) is 4.79 Å². The van der Waals surface area contributed by atoms with Crippen molar-refractivity contribution in [1.82, 2.24) is 14.9 Å². The van der Waals surface area contributed by atoms with Crippen molar-refractivity contribution < 1.29 is 4.79 Å². The number of amides is 1. The molecule has 2 N–H and O–H groups in total. The van der Waals surface area contributed by atoms with Crippen LogP contribution < -0.4 is 10.6 Å². The highest BCUT2D eigenvalue weighted by Gasteiger charge is 2.32. The van der Waals surface area contributed by atoms with Crippen LogP contribution in [0.4, 0.5) is 5.82 Å². The molecule has 1 aliphatic heterocycles. The molecule has 0 aromatic carbocycles. The van der Waals surface area contributed by atoms with Crippen LogP contribution in [0.3, 0.4) is 0 Å². The van der Waals surface area contributed by atoms with Gasteiger partial charge in [0.05, 0.1) is 12.2 Å². The number of anilines is 1. The third kappa shape index (κ3) is 3.25. The molecule has 1 atom stereocenters. The molecular formula is C14H23N5O. The maximum absolute atomic E-state index is 12.3. The lowest BCUT2D eigenvalue weighted by Gasteiger charge is -2.38. The monoisotopic (exact) mass is 277 g/mol. The van der Waals surface area contributed by atoms with E-state index in [1.807, 2.05) is 25.7 Å². The Morgan fingerprint density at radius 2 is 1.90 bits per heavy atom. The molecule has 1 aliphatic rings. The average Bonchev–Trinajstić information content (AvgIpc) is 2.46. The van der Waals surface area contributed by atoms with Crippen LogP contribution in [0.1, 0.15) is 20.8 Å². The smallest absolute Gasteiger partial charge is 0.240 e. The van der Waals surface area contributed by atoms with Gasteiger partial charge in [-0.25, -0.2) is 4.98 Å². The molecule has 6 nitrogen and oxygen atoms in total. The summed E-state index contributed by atoms with van der Waals surface area (Å²) in [5, 5.41) is 0. The van der Waals surface area contributed by atoms with Crippen molar-refractivity contribution in [2.45, 2.75) is 26.8 Å². The SMILES string of the molecule is CC(C)(C)[C@@H](N)C(=O)N1CCN(c2cnccn2)CC1. The van der Waals surface area contributed by atoms with E-state index in [0.29, 0.717) is 13.1 Å². The van der Waals surface area contributed by atoms with Crippen molar-refractivity contribution in [2.24, 2.45) is 11.1 Å². The van der Waals surface area contributed by atoms with Crippen molar-refractivity contribution in [2.75, 3.05) is 31.1 Å². The minimum atomic E-state index is -0.453. The van der Waals surface area contributed by atoms with Gasteiger partial charge in [0.2, 0.25) is 5.91 Å². The molecule has 1 fully saturated rings. The van der Waals surface area contributed by atoms with Crippen molar-refractivity contribution in [3.63, 3.8) is 0 Å². The Morgan fingerprint density at radius 1 is 1.25 bits per heavy atom. The van der Waals surface area contributed by atoms with Gasteiger partial charge in [-0.1, -0.05) is 20.8 Å². The predicted octanol–water partition coefficient (Wildman–Crippen LogP) is 0.499. The fourth-order valence-corrected chi connectivity index (χ4v) is 2.18. The molecular weight excluding hydrogens is 254 g/mol. The summed E-state index contributed by atoms with van der Waals surface area (Å²) in [6, 6.07) is -0.453. The number of carbonyl (C=O) groups excluding carboxylic acids is 1. The summed E-state index contributed by atoms with van der Waals surface area (Å²) in [7, 11) is 0. The zero-order valence-corrected chi connectivity index (χ0v) is 12.4. The van der Waals surface area contributed by atoms with Gasteiger partial charge < -0.3 is 15.5 Å². The molecule has 2 rings (SSSR count). The van der Waals surface area contributed by atoms with Crippen molar-refractivity contribution in [3.05, 3.63) is 18.6 Å². The minimum absolute atomic E-state index is 0.0382. The van der Waals surface area contributed by atoms with Crippen LogP contribution in [0, 0.1) is 5.41 Å². The maximum atomic E-state index is 12.3. The van der Waals surface area contributed by atoms with E-state index < -0.39 is 6.04 Å². The number of rotatable bonds is 2. The van der Waals surface area contributed by atoms with Gasteiger partial charge in [0.15, 0.2) is 0 Å². The Kier molecular flexibility index (Phi) is 4.23. The summed E-state index contributed by atoms with van der Waals surface area (Å²) < 4.78 is 0. The van der Waals surface area contributed by atoms with Gasteiger partial charge in [0.1, 0.15) is 5.82 Å². The summed E-state index contributed by atoms with van der Waals surface area (Å²) in [6.45, 7) is 8.86. The number of carbonyl (C=O) groups is 1. The number of aromatic nitrogens is 2. The summed E-state index contributed by atoms with van der Waals surface area (Å²) in [5.74, 6) is 0.899. The van der Waals surface area contributed by atoms with E-state index in [-0.39, 0.29) is 11.3 Å². The largest absolute Gasteiger partial charge is 0.352 e. The lowest BCUT2D eigenvalue weighted by Crippen LogP contribution is -2.56. The number of nitrogens with zero attached hydrogens (tertiary/aromatic N) is 4. The van der Waals surface area contributed by atoms with Crippen molar-refractivity contribution in [3.8, 4) is 0 Å². The van der Waals surface area contributed by atoms with Crippen LogP contribution in [0.2, 0.25) is 0 Å². The highest BCUT2D eigenvalue weighted by Crippen LogP contribution is 2.20. The van der Waals surface area contributed by atoms with E-state index in [0.717, 1.165) is 18.9 Å².